The van der Waals surface area contributed by atoms with E-state index >= 15 is 0 Å². The zero-order valence-corrected chi connectivity index (χ0v) is 14.1. The number of nitrogens with zero attached hydrogens (tertiary/aromatic N) is 1. The summed E-state index contributed by atoms with van der Waals surface area (Å²) in [5, 5.41) is 11.8. The molecule has 0 aliphatic heterocycles. The molecule has 0 bridgehead atoms. The van der Waals surface area contributed by atoms with Crippen LogP contribution in [0.3, 0.4) is 0 Å². The molecule has 7 heteroatoms. The summed E-state index contributed by atoms with van der Waals surface area (Å²) >= 11 is 5.91. The molecule has 2 aromatic rings. The summed E-state index contributed by atoms with van der Waals surface area (Å²) in [5.74, 6) is -0.860. The van der Waals surface area contributed by atoms with Crippen molar-refractivity contribution in [2.45, 2.75) is 13.0 Å². The number of halogens is 1. The molecule has 1 N–H and O–H groups in total. The van der Waals surface area contributed by atoms with Crippen LogP contribution in [0, 0.1) is 11.3 Å². The summed E-state index contributed by atoms with van der Waals surface area (Å²) in [5.41, 5.74) is 0.856. The van der Waals surface area contributed by atoms with Crippen LogP contribution in [-0.4, -0.2) is 24.6 Å². The molecule has 1 atom stereocenters. The molecule has 25 heavy (non-hydrogen) atoms. The highest BCUT2D eigenvalue weighted by molar-refractivity contribution is 6.32. The summed E-state index contributed by atoms with van der Waals surface area (Å²) in [7, 11) is 0. The van der Waals surface area contributed by atoms with Gasteiger partial charge in [-0.15, -0.1) is 0 Å². The number of hydrogen-bond acceptors (Lipinski definition) is 5. The van der Waals surface area contributed by atoms with Crippen LogP contribution in [0.1, 0.15) is 12.5 Å². The quantitative estimate of drug-likeness (QED) is 0.801. The van der Waals surface area contributed by atoms with Gasteiger partial charge in [0.15, 0.2) is 12.7 Å². The highest BCUT2D eigenvalue weighted by Gasteiger charge is 2.18. The van der Waals surface area contributed by atoms with Gasteiger partial charge in [-0.1, -0.05) is 29.8 Å². The summed E-state index contributed by atoms with van der Waals surface area (Å²) in [6.07, 6.45) is -1.02. The molecule has 0 radical (unpaired) electrons. The molecule has 0 aliphatic carbocycles. The number of hydrogen-bond donors (Lipinski definition) is 1. The van der Waals surface area contributed by atoms with E-state index in [0.29, 0.717) is 22.0 Å². The van der Waals surface area contributed by atoms with Crippen molar-refractivity contribution in [3.63, 3.8) is 0 Å². The second-order valence-corrected chi connectivity index (χ2v) is 5.44. The third-order valence-electron chi connectivity index (χ3n) is 3.12. The first-order chi connectivity index (χ1) is 12.0. The Morgan fingerprint density at radius 2 is 2.00 bits per heavy atom. The summed E-state index contributed by atoms with van der Waals surface area (Å²) in [6, 6.07) is 15.1. The van der Waals surface area contributed by atoms with E-state index in [1.54, 1.807) is 42.5 Å². The van der Waals surface area contributed by atoms with Crippen LogP contribution in [-0.2, 0) is 14.3 Å². The molecule has 1 amide bonds. The molecule has 0 aromatic heterocycles. The van der Waals surface area contributed by atoms with Crippen LogP contribution in [0.4, 0.5) is 5.69 Å². The van der Waals surface area contributed by atoms with Crippen LogP contribution in [0.5, 0.6) is 5.75 Å². The Morgan fingerprint density at radius 1 is 1.24 bits per heavy atom. The first-order valence-corrected chi connectivity index (χ1v) is 7.75. The van der Waals surface area contributed by atoms with E-state index in [1.807, 2.05) is 6.07 Å². The van der Waals surface area contributed by atoms with Crippen molar-refractivity contribution in [3.05, 3.63) is 59.1 Å². The molecular weight excluding hydrogens is 344 g/mol. The average molecular weight is 359 g/mol. The van der Waals surface area contributed by atoms with Crippen molar-refractivity contribution in [2.24, 2.45) is 0 Å². The summed E-state index contributed by atoms with van der Waals surface area (Å²) in [4.78, 5) is 23.8. The predicted octanol–water partition coefficient (Wildman–Crippen LogP) is 3.16. The van der Waals surface area contributed by atoms with E-state index in [1.165, 1.54) is 13.0 Å². The number of nitriles is 1. The topological polar surface area (TPSA) is 88.4 Å². The van der Waals surface area contributed by atoms with Gasteiger partial charge in [-0.2, -0.15) is 5.26 Å². The number of anilines is 1. The molecule has 2 rings (SSSR count). The van der Waals surface area contributed by atoms with Gasteiger partial charge in [0.25, 0.3) is 5.91 Å². The van der Waals surface area contributed by atoms with E-state index in [2.05, 4.69) is 5.32 Å². The third-order valence-corrected chi connectivity index (χ3v) is 3.43. The normalized spacial score (nSPS) is 11.1. The first-order valence-electron chi connectivity index (χ1n) is 7.37. The molecule has 0 saturated heterocycles. The maximum absolute atomic E-state index is 12.0. The molecule has 2 aromatic carbocycles. The average Bonchev–Trinajstić information content (AvgIpc) is 2.61. The second-order valence-electron chi connectivity index (χ2n) is 5.03. The fraction of sp³-hybridized carbons (Fsp3) is 0.167. The minimum atomic E-state index is -1.02. The standard InChI is InChI=1S/C18H15ClN2O4/c1-12(18(23)21-14-6-4-5-13(9-14)10-20)25-17(22)11-24-16-8-3-2-7-15(16)19/h2-9,12H,11H2,1H3,(H,21,23)/t12-/m0/s1. The molecule has 128 valence electrons. The van der Waals surface area contributed by atoms with Crippen LogP contribution in [0.25, 0.3) is 0 Å². The second kappa shape index (κ2) is 8.71. The smallest absolute Gasteiger partial charge is 0.344 e. The fourth-order valence-electron chi connectivity index (χ4n) is 1.89. The Morgan fingerprint density at radius 3 is 2.72 bits per heavy atom. The lowest BCUT2D eigenvalue weighted by atomic mass is 10.2. The lowest BCUT2D eigenvalue weighted by Gasteiger charge is -2.14. The Kier molecular flexibility index (Phi) is 6.38. The third kappa shape index (κ3) is 5.52. The fourth-order valence-corrected chi connectivity index (χ4v) is 2.08. The highest BCUT2D eigenvalue weighted by atomic mass is 35.5. The van der Waals surface area contributed by atoms with Gasteiger partial charge in [-0.3, -0.25) is 4.79 Å². The number of rotatable bonds is 6. The number of esters is 1. The SMILES string of the molecule is C[C@H](OC(=O)COc1ccccc1Cl)C(=O)Nc1cccc(C#N)c1. The van der Waals surface area contributed by atoms with Crippen molar-refractivity contribution in [1.29, 1.82) is 5.26 Å². The van der Waals surface area contributed by atoms with Gasteiger partial charge in [0.05, 0.1) is 16.7 Å². The van der Waals surface area contributed by atoms with Crippen molar-refractivity contribution in [3.8, 4) is 11.8 Å². The molecular formula is C18H15ClN2O4. The molecule has 0 aliphatic rings. The number of nitrogens with one attached hydrogen (secondary N) is 1. The van der Waals surface area contributed by atoms with Gasteiger partial charge in [0.1, 0.15) is 5.75 Å². The Hall–Kier alpha value is -3.04. The van der Waals surface area contributed by atoms with Crippen molar-refractivity contribution >= 4 is 29.2 Å². The maximum Gasteiger partial charge on any atom is 0.344 e. The number of amides is 1. The minimum absolute atomic E-state index is 0.353. The van der Waals surface area contributed by atoms with Gasteiger partial charge in [0, 0.05) is 5.69 Å². The summed E-state index contributed by atoms with van der Waals surface area (Å²) in [6.45, 7) is 1.07. The molecule has 0 saturated carbocycles. The van der Waals surface area contributed by atoms with Gasteiger partial charge in [-0.05, 0) is 37.3 Å². The molecule has 0 unspecified atom stereocenters. The van der Waals surface area contributed by atoms with E-state index < -0.39 is 18.0 Å². The highest BCUT2D eigenvalue weighted by Crippen LogP contribution is 2.22. The van der Waals surface area contributed by atoms with E-state index in [4.69, 9.17) is 26.3 Å². The maximum atomic E-state index is 12.0. The number of benzene rings is 2. The van der Waals surface area contributed by atoms with Crippen molar-refractivity contribution in [1.82, 2.24) is 0 Å². The minimum Gasteiger partial charge on any atom is -0.480 e. The Balaban J connectivity index is 1.84. The lowest BCUT2D eigenvalue weighted by molar-refractivity contribution is -0.155. The zero-order chi connectivity index (χ0) is 18.2. The molecule has 0 fully saturated rings. The van der Waals surface area contributed by atoms with E-state index in [-0.39, 0.29) is 6.61 Å². The van der Waals surface area contributed by atoms with Gasteiger partial charge in [-0.25, -0.2) is 4.79 Å². The Labute approximate surface area is 149 Å². The van der Waals surface area contributed by atoms with Crippen molar-refractivity contribution in [2.75, 3.05) is 11.9 Å². The van der Waals surface area contributed by atoms with Crippen LogP contribution in [0.15, 0.2) is 48.5 Å². The number of carbonyl (C=O) groups is 2. The zero-order valence-electron chi connectivity index (χ0n) is 13.4. The first kappa shape index (κ1) is 18.3. The van der Waals surface area contributed by atoms with E-state index in [0.717, 1.165) is 0 Å². The van der Waals surface area contributed by atoms with E-state index in [9.17, 15) is 9.59 Å². The van der Waals surface area contributed by atoms with Gasteiger partial charge in [0.2, 0.25) is 0 Å². The molecule has 0 spiro atoms. The van der Waals surface area contributed by atoms with Gasteiger partial charge < -0.3 is 14.8 Å². The van der Waals surface area contributed by atoms with Crippen LogP contribution < -0.4 is 10.1 Å². The number of carbonyl (C=O) groups excluding carboxylic acids is 2. The molecule has 0 heterocycles. The molecule has 6 nitrogen and oxygen atoms in total. The number of ether oxygens (including phenoxy) is 2. The Bertz CT molecular complexity index is 817. The summed E-state index contributed by atoms with van der Waals surface area (Å²) < 4.78 is 10.3. The van der Waals surface area contributed by atoms with Crippen molar-refractivity contribution < 1.29 is 19.1 Å². The lowest BCUT2D eigenvalue weighted by Crippen LogP contribution is -2.31. The van der Waals surface area contributed by atoms with Gasteiger partial charge >= 0.3 is 5.97 Å². The van der Waals surface area contributed by atoms with Crippen LogP contribution >= 0.6 is 11.6 Å². The van der Waals surface area contributed by atoms with Crippen LogP contribution in [0.2, 0.25) is 5.02 Å². The predicted molar refractivity (Wildman–Crippen MR) is 92.3 cm³/mol. The number of para-hydroxylation sites is 1. The largest absolute Gasteiger partial charge is 0.480 e. The monoisotopic (exact) mass is 358 g/mol.